The lowest BCUT2D eigenvalue weighted by molar-refractivity contribution is -0.137. The van der Waals surface area contributed by atoms with Crippen LogP contribution in [-0.2, 0) is 17.5 Å². The van der Waals surface area contributed by atoms with E-state index in [1.54, 1.807) is 27.7 Å². The highest BCUT2D eigenvalue weighted by molar-refractivity contribution is 9.10. The number of nitrogens with zero attached hydrogens (tertiary/aromatic N) is 1. The van der Waals surface area contributed by atoms with Crippen LogP contribution >= 0.6 is 15.9 Å². The molecule has 112 valence electrons. The molecule has 1 aromatic rings. The molecule has 1 unspecified atom stereocenters. The van der Waals surface area contributed by atoms with E-state index in [1.165, 1.54) is 6.07 Å². The van der Waals surface area contributed by atoms with Gasteiger partial charge in [0.15, 0.2) is 0 Å². The molecule has 0 radical (unpaired) electrons. The molecule has 0 saturated heterocycles. The molecule has 20 heavy (non-hydrogen) atoms. The summed E-state index contributed by atoms with van der Waals surface area (Å²) in [5, 5.41) is 0. The highest BCUT2D eigenvalue weighted by atomic mass is 79.9. The maximum Gasteiger partial charge on any atom is 0.416 e. The van der Waals surface area contributed by atoms with Gasteiger partial charge in [-0.05, 0) is 45.9 Å². The Hall–Kier alpha value is -0.530. The number of alkyl halides is 3. The number of rotatable bonds is 2. The second-order valence-corrected chi connectivity index (χ2v) is 8.09. The van der Waals surface area contributed by atoms with Crippen molar-refractivity contribution in [3.8, 4) is 0 Å². The second-order valence-electron chi connectivity index (χ2n) is 5.26. The van der Waals surface area contributed by atoms with Gasteiger partial charge >= 0.3 is 6.18 Å². The van der Waals surface area contributed by atoms with Crippen LogP contribution in [0.1, 0.15) is 38.8 Å². The molecule has 1 rings (SSSR count). The number of hydrogen-bond acceptors (Lipinski definition) is 2. The summed E-state index contributed by atoms with van der Waals surface area (Å²) < 4.78 is 53.9. The summed E-state index contributed by atoms with van der Waals surface area (Å²) in [5.41, 5.74) is -0.160. The third-order valence-corrected chi connectivity index (χ3v) is 4.33. The van der Waals surface area contributed by atoms with E-state index in [-0.39, 0.29) is 0 Å². The lowest BCUT2D eigenvalue weighted by Crippen LogP contribution is -2.26. The van der Waals surface area contributed by atoms with Crippen molar-refractivity contribution in [2.75, 3.05) is 0 Å². The largest absolute Gasteiger partial charge is 0.591 e. The molecule has 0 bridgehead atoms. The maximum absolute atomic E-state index is 12.7. The average Bonchev–Trinajstić information content (AvgIpc) is 2.25. The fourth-order valence-electron chi connectivity index (χ4n) is 1.28. The van der Waals surface area contributed by atoms with E-state index in [2.05, 4.69) is 20.3 Å². The first kappa shape index (κ1) is 17.5. The number of hydrogen-bond donors (Lipinski definition) is 0. The monoisotopic (exact) mass is 369 g/mol. The smallest absolute Gasteiger partial charge is 0.416 e. The molecular weight excluding hydrogens is 355 g/mol. The quantitative estimate of drug-likeness (QED) is 0.547. The van der Waals surface area contributed by atoms with Gasteiger partial charge in [-0.3, -0.25) is 0 Å². The van der Waals surface area contributed by atoms with Crippen LogP contribution in [0.3, 0.4) is 0 Å². The molecule has 0 saturated carbocycles. The molecular formula is C13H15BrF3NOS. The van der Waals surface area contributed by atoms with Gasteiger partial charge in [-0.15, -0.1) is 0 Å². The molecule has 0 N–H and O–H groups in total. The Labute approximate surface area is 127 Å². The van der Waals surface area contributed by atoms with E-state index in [0.29, 0.717) is 15.7 Å². The Morgan fingerprint density at radius 1 is 1.20 bits per heavy atom. The molecule has 0 amide bonds. The first-order valence-electron chi connectivity index (χ1n) is 5.76. The lowest BCUT2D eigenvalue weighted by Gasteiger charge is -2.19. The van der Waals surface area contributed by atoms with E-state index in [0.717, 1.165) is 12.1 Å². The lowest BCUT2D eigenvalue weighted by atomic mass is 10.1. The van der Waals surface area contributed by atoms with Crippen LogP contribution in [0, 0.1) is 0 Å². The van der Waals surface area contributed by atoms with Gasteiger partial charge in [-0.1, -0.05) is 20.3 Å². The normalized spacial score (nSPS) is 15.3. The van der Waals surface area contributed by atoms with Crippen LogP contribution in [0.5, 0.6) is 0 Å². The molecule has 0 heterocycles. The minimum absolute atomic E-state index is 0.296. The molecule has 2 nitrogen and oxygen atoms in total. The predicted octanol–water partition coefficient (Wildman–Crippen LogP) is 4.74. The summed E-state index contributed by atoms with van der Waals surface area (Å²) in [6, 6.07) is 3.52. The summed E-state index contributed by atoms with van der Waals surface area (Å²) in [6.45, 7) is 6.80. The van der Waals surface area contributed by atoms with Crippen LogP contribution < -0.4 is 0 Å². The summed E-state index contributed by atoms with van der Waals surface area (Å²) in [7, 11) is 0. The summed E-state index contributed by atoms with van der Waals surface area (Å²) in [6.07, 6.45) is -4.43. The number of benzene rings is 1. The van der Waals surface area contributed by atoms with Crippen LogP contribution in [0.15, 0.2) is 27.1 Å². The molecule has 1 atom stereocenters. The van der Waals surface area contributed by atoms with Crippen LogP contribution in [0.4, 0.5) is 13.2 Å². The minimum atomic E-state index is -4.43. The highest BCUT2D eigenvalue weighted by Gasteiger charge is 2.32. The average molecular weight is 370 g/mol. The van der Waals surface area contributed by atoms with Crippen molar-refractivity contribution in [2.24, 2.45) is 4.40 Å². The molecule has 0 aliphatic carbocycles. The first-order valence-corrected chi connectivity index (χ1v) is 7.66. The van der Waals surface area contributed by atoms with Crippen molar-refractivity contribution < 1.29 is 17.7 Å². The van der Waals surface area contributed by atoms with Crippen molar-refractivity contribution in [1.82, 2.24) is 0 Å². The standard InChI is InChI=1S/C13H15BrF3NOS/c1-8(18-20(19)12(2,3)4)9-5-10(13(15,16)17)7-11(14)6-9/h5-7H,1-4H3/b18-8+. The van der Waals surface area contributed by atoms with Crippen LogP contribution in [-0.4, -0.2) is 15.0 Å². The van der Waals surface area contributed by atoms with Gasteiger partial charge in [0.2, 0.25) is 0 Å². The second kappa shape index (κ2) is 6.07. The van der Waals surface area contributed by atoms with E-state index in [4.69, 9.17) is 0 Å². The summed E-state index contributed by atoms with van der Waals surface area (Å²) >= 11 is 1.54. The molecule has 0 aliphatic rings. The van der Waals surface area contributed by atoms with E-state index >= 15 is 0 Å². The third kappa shape index (κ3) is 4.79. The van der Waals surface area contributed by atoms with Gasteiger partial charge in [0.1, 0.15) is 16.1 Å². The Morgan fingerprint density at radius 3 is 2.20 bits per heavy atom. The maximum atomic E-state index is 12.7. The topological polar surface area (TPSA) is 35.4 Å². The van der Waals surface area contributed by atoms with Crippen molar-refractivity contribution in [1.29, 1.82) is 0 Å². The first-order chi connectivity index (χ1) is 8.91. The van der Waals surface area contributed by atoms with Crippen molar-refractivity contribution >= 4 is 33.0 Å². The van der Waals surface area contributed by atoms with Gasteiger partial charge in [-0.2, -0.15) is 13.2 Å². The van der Waals surface area contributed by atoms with E-state index in [9.17, 15) is 17.7 Å². The van der Waals surface area contributed by atoms with Gasteiger partial charge < -0.3 is 4.55 Å². The van der Waals surface area contributed by atoms with Gasteiger partial charge in [0, 0.05) is 10.0 Å². The SMILES string of the molecule is C/C(=N\[S+]([O-])C(C)(C)C)c1cc(Br)cc(C(F)(F)F)c1. The predicted molar refractivity (Wildman–Crippen MR) is 79.3 cm³/mol. The van der Waals surface area contributed by atoms with E-state index in [1.807, 2.05) is 0 Å². The fourth-order valence-corrected chi connectivity index (χ4v) is 2.40. The van der Waals surface area contributed by atoms with Gasteiger partial charge in [0.25, 0.3) is 0 Å². The zero-order chi connectivity index (χ0) is 15.7. The molecule has 7 heteroatoms. The molecule has 1 aromatic carbocycles. The van der Waals surface area contributed by atoms with Crippen molar-refractivity contribution in [3.05, 3.63) is 33.8 Å². The zero-order valence-electron chi connectivity index (χ0n) is 11.5. The third-order valence-electron chi connectivity index (χ3n) is 2.39. The minimum Gasteiger partial charge on any atom is -0.591 e. The van der Waals surface area contributed by atoms with Crippen LogP contribution in [0.2, 0.25) is 0 Å². The highest BCUT2D eigenvalue weighted by Crippen LogP contribution is 2.32. The van der Waals surface area contributed by atoms with Crippen molar-refractivity contribution in [3.63, 3.8) is 0 Å². The Morgan fingerprint density at radius 2 is 1.75 bits per heavy atom. The van der Waals surface area contributed by atoms with Gasteiger partial charge in [0.05, 0.1) is 11.3 Å². The summed E-state index contributed by atoms with van der Waals surface area (Å²) in [4.78, 5) is 0. The molecule has 0 fully saturated rings. The fraction of sp³-hybridized carbons (Fsp3) is 0.462. The molecule has 0 spiro atoms. The summed E-state index contributed by atoms with van der Waals surface area (Å²) in [5.74, 6) is 0. The van der Waals surface area contributed by atoms with Crippen LogP contribution in [0.25, 0.3) is 0 Å². The Balaban J connectivity index is 3.20. The van der Waals surface area contributed by atoms with Crippen molar-refractivity contribution in [2.45, 2.75) is 38.6 Å². The van der Waals surface area contributed by atoms with E-state index < -0.39 is 27.8 Å². The molecule has 0 aromatic heterocycles. The Kier molecular flexibility index (Phi) is 5.32. The zero-order valence-corrected chi connectivity index (χ0v) is 13.9. The number of halogens is 4. The Bertz CT molecular complexity index is 523. The molecule has 0 aliphatic heterocycles. The van der Waals surface area contributed by atoms with Gasteiger partial charge in [-0.25, -0.2) is 0 Å².